The molecule has 2 atom stereocenters. The Kier molecular flexibility index (Phi) is 5.89. The third-order valence-corrected chi connectivity index (χ3v) is 2.22. The van der Waals surface area contributed by atoms with Crippen LogP contribution in [0.2, 0.25) is 0 Å². The quantitative estimate of drug-likeness (QED) is 0.714. The third-order valence-electron chi connectivity index (χ3n) is 2.22. The summed E-state index contributed by atoms with van der Waals surface area (Å²) < 4.78 is 0. The Hall–Kier alpha value is -1.08. The summed E-state index contributed by atoms with van der Waals surface area (Å²) in [5, 5.41) is 17.5. The van der Waals surface area contributed by atoms with Crippen LogP contribution in [-0.2, 0) is 4.79 Å². The first-order valence-electron chi connectivity index (χ1n) is 4.79. The van der Waals surface area contributed by atoms with Gasteiger partial charge in [-0.05, 0) is 20.3 Å². The Morgan fingerprint density at radius 1 is 1.57 bits per heavy atom. The lowest BCUT2D eigenvalue weighted by Crippen LogP contribution is -2.35. The standard InChI is InChI=1S/C10H18N2O2/c1-8(6-7-11)12(3)10(14)5-4-9(2)13/h8-9,13H,4-6H2,1-3H3. The molecule has 0 aromatic heterocycles. The number of carbonyl (C=O) groups is 1. The molecule has 4 nitrogen and oxygen atoms in total. The van der Waals surface area contributed by atoms with Crippen LogP contribution in [0.25, 0.3) is 0 Å². The lowest BCUT2D eigenvalue weighted by atomic mass is 10.1. The fourth-order valence-electron chi connectivity index (χ4n) is 1.02. The first-order valence-corrected chi connectivity index (χ1v) is 4.79. The van der Waals surface area contributed by atoms with Gasteiger partial charge in [0.25, 0.3) is 0 Å². The van der Waals surface area contributed by atoms with Crippen molar-refractivity contribution in [2.75, 3.05) is 7.05 Å². The predicted octanol–water partition coefficient (Wildman–Crippen LogP) is 0.908. The van der Waals surface area contributed by atoms with Crippen LogP contribution in [0.15, 0.2) is 0 Å². The van der Waals surface area contributed by atoms with Crippen molar-refractivity contribution in [3.8, 4) is 6.07 Å². The number of aliphatic hydroxyl groups excluding tert-OH is 1. The van der Waals surface area contributed by atoms with Crippen LogP contribution in [0.5, 0.6) is 0 Å². The van der Waals surface area contributed by atoms with Crippen molar-refractivity contribution in [3.63, 3.8) is 0 Å². The Labute approximate surface area is 85.1 Å². The number of rotatable bonds is 5. The highest BCUT2D eigenvalue weighted by atomic mass is 16.3. The molecule has 1 amide bonds. The summed E-state index contributed by atoms with van der Waals surface area (Å²) >= 11 is 0. The largest absolute Gasteiger partial charge is 0.393 e. The van der Waals surface area contributed by atoms with Gasteiger partial charge in [0.1, 0.15) is 0 Å². The van der Waals surface area contributed by atoms with Crippen molar-refractivity contribution >= 4 is 5.91 Å². The molecule has 0 saturated carbocycles. The fraction of sp³-hybridized carbons (Fsp3) is 0.800. The summed E-state index contributed by atoms with van der Waals surface area (Å²) in [4.78, 5) is 13.0. The lowest BCUT2D eigenvalue weighted by Gasteiger charge is -2.23. The van der Waals surface area contributed by atoms with E-state index in [9.17, 15) is 4.79 Å². The molecule has 0 aliphatic carbocycles. The van der Waals surface area contributed by atoms with Gasteiger partial charge in [-0.2, -0.15) is 5.26 Å². The van der Waals surface area contributed by atoms with Crippen LogP contribution in [0.1, 0.15) is 33.1 Å². The molecule has 0 fully saturated rings. The highest BCUT2D eigenvalue weighted by Gasteiger charge is 2.15. The summed E-state index contributed by atoms with van der Waals surface area (Å²) in [5.74, 6) is -0.0198. The zero-order chi connectivity index (χ0) is 11.1. The van der Waals surface area contributed by atoms with E-state index >= 15 is 0 Å². The first kappa shape index (κ1) is 12.9. The van der Waals surface area contributed by atoms with Crippen LogP contribution in [0, 0.1) is 11.3 Å². The zero-order valence-corrected chi connectivity index (χ0v) is 9.03. The second kappa shape index (κ2) is 6.39. The Morgan fingerprint density at radius 2 is 2.14 bits per heavy atom. The van der Waals surface area contributed by atoms with Crippen molar-refractivity contribution in [1.82, 2.24) is 4.90 Å². The van der Waals surface area contributed by atoms with Gasteiger partial charge in [-0.3, -0.25) is 4.79 Å². The number of amides is 1. The maximum Gasteiger partial charge on any atom is 0.222 e. The molecule has 1 N–H and O–H groups in total. The highest BCUT2D eigenvalue weighted by Crippen LogP contribution is 2.05. The molecule has 0 bridgehead atoms. The number of aliphatic hydroxyl groups is 1. The summed E-state index contributed by atoms with van der Waals surface area (Å²) in [6.07, 6.45) is 0.710. The van der Waals surface area contributed by atoms with Gasteiger partial charge >= 0.3 is 0 Å². The van der Waals surface area contributed by atoms with E-state index in [1.165, 1.54) is 0 Å². The number of hydrogen-bond acceptors (Lipinski definition) is 3. The van der Waals surface area contributed by atoms with Crippen molar-refractivity contribution in [1.29, 1.82) is 5.26 Å². The number of nitrogens with zero attached hydrogens (tertiary/aromatic N) is 2. The minimum atomic E-state index is -0.446. The van der Waals surface area contributed by atoms with Crippen molar-refractivity contribution in [2.45, 2.75) is 45.3 Å². The molecule has 80 valence electrons. The van der Waals surface area contributed by atoms with E-state index in [-0.39, 0.29) is 11.9 Å². The van der Waals surface area contributed by atoms with E-state index in [0.717, 1.165) is 0 Å². The maximum atomic E-state index is 11.5. The Morgan fingerprint density at radius 3 is 2.57 bits per heavy atom. The Balaban J connectivity index is 3.93. The van der Waals surface area contributed by atoms with E-state index in [2.05, 4.69) is 0 Å². The SMILES string of the molecule is CC(O)CCC(=O)N(C)C(C)CC#N. The van der Waals surface area contributed by atoms with Gasteiger partial charge in [0, 0.05) is 19.5 Å². The fourth-order valence-corrected chi connectivity index (χ4v) is 1.02. The van der Waals surface area contributed by atoms with Gasteiger partial charge in [0.15, 0.2) is 0 Å². The third kappa shape index (κ3) is 4.83. The number of hydrogen-bond donors (Lipinski definition) is 1. The van der Waals surface area contributed by atoms with Crippen molar-refractivity contribution in [3.05, 3.63) is 0 Å². The highest BCUT2D eigenvalue weighted by molar-refractivity contribution is 5.76. The van der Waals surface area contributed by atoms with Crippen molar-refractivity contribution < 1.29 is 9.90 Å². The molecule has 0 radical (unpaired) electrons. The van der Waals surface area contributed by atoms with Crippen LogP contribution in [0.3, 0.4) is 0 Å². The number of carbonyl (C=O) groups excluding carboxylic acids is 1. The van der Waals surface area contributed by atoms with Gasteiger partial charge in [-0.1, -0.05) is 0 Å². The first-order chi connectivity index (χ1) is 6.49. The normalized spacial score (nSPS) is 14.2. The average molecular weight is 198 g/mol. The Bertz CT molecular complexity index is 221. The van der Waals surface area contributed by atoms with Crippen LogP contribution in [0.4, 0.5) is 0 Å². The van der Waals surface area contributed by atoms with Crippen LogP contribution < -0.4 is 0 Å². The minimum absolute atomic E-state index is 0.0198. The molecule has 0 aliphatic heterocycles. The van der Waals surface area contributed by atoms with Gasteiger partial charge in [-0.15, -0.1) is 0 Å². The molecule has 14 heavy (non-hydrogen) atoms. The van der Waals surface area contributed by atoms with Gasteiger partial charge in [0.05, 0.1) is 18.6 Å². The second-order valence-corrected chi connectivity index (χ2v) is 3.60. The predicted molar refractivity (Wildman–Crippen MR) is 53.4 cm³/mol. The van der Waals surface area contributed by atoms with Gasteiger partial charge in [-0.25, -0.2) is 0 Å². The summed E-state index contributed by atoms with van der Waals surface area (Å²) in [6, 6.07) is 1.97. The van der Waals surface area contributed by atoms with E-state index in [0.29, 0.717) is 19.3 Å². The summed E-state index contributed by atoms with van der Waals surface area (Å²) in [7, 11) is 1.69. The topological polar surface area (TPSA) is 64.3 Å². The molecular weight excluding hydrogens is 180 g/mol. The monoisotopic (exact) mass is 198 g/mol. The van der Waals surface area contributed by atoms with E-state index in [1.807, 2.05) is 13.0 Å². The molecule has 4 heteroatoms. The summed E-state index contributed by atoms with van der Waals surface area (Å²) in [6.45, 7) is 3.50. The molecule has 0 saturated heterocycles. The lowest BCUT2D eigenvalue weighted by molar-refractivity contribution is -0.132. The number of nitriles is 1. The van der Waals surface area contributed by atoms with Crippen molar-refractivity contribution in [2.24, 2.45) is 0 Å². The molecule has 0 aromatic carbocycles. The smallest absolute Gasteiger partial charge is 0.222 e. The zero-order valence-electron chi connectivity index (χ0n) is 9.03. The second-order valence-electron chi connectivity index (χ2n) is 3.60. The van der Waals surface area contributed by atoms with E-state index in [1.54, 1.807) is 18.9 Å². The van der Waals surface area contributed by atoms with E-state index < -0.39 is 6.10 Å². The molecular formula is C10H18N2O2. The average Bonchev–Trinajstić information content (AvgIpc) is 2.13. The van der Waals surface area contributed by atoms with Crippen LogP contribution >= 0.6 is 0 Å². The van der Waals surface area contributed by atoms with Gasteiger partial charge in [0.2, 0.25) is 5.91 Å². The molecule has 0 heterocycles. The van der Waals surface area contributed by atoms with E-state index in [4.69, 9.17) is 10.4 Å². The van der Waals surface area contributed by atoms with Crippen LogP contribution in [-0.4, -0.2) is 35.1 Å². The molecule has 0 rings (SSSR count). The molecule has 2 unspecified atom stereocenters. The minimum Gasteiger partial charge on any atom is -0.393 e. The molecule has 0 aliphatic rings. The summed E-state index contributed by atoms with van der Waals surface area (Å²) in [5.41, 5.74) is 0. The molecule has 0 spiro atoms. The molecule has 0 aromatic rings. The maximum absolute atomic E-state index is 11.5. The van der Waals surface area contributed by atoms with Gasteiger partial charge < -0.3 is 10.0 Å².